The average Bonchev–Trinajstić information content (AvgIpc) is 2.85. The summed E-state index contributed by atoms with van der Waals surface area (Å²) in [5.74, 6) is 0.989. The van der Waals surface area contributed by atoms with Gasteiger partial charge < -0.3 is 31.1 Å². The van der Waals surface area contributed by atoms with E-state index in [0.717, 1.165) is 24.9 Å². The van der Waals surface area contributed by atoms with Crippen LogP contribution in [0.4, 0.5) is 26.4 Å². The van der Waals surface area contributed by atoms with E-state index in [1.807, 2.05) is 12.1 Å². The van der Waals surface area contributed by atoms with Gasteiger partial charge in [0, 0.05) is 35.6 Å². The Morgan fingerprint density at radius 2 is 2.03 bits per heavy atom. The SMILES string of the molecule is NCCCNc1cc2c(Nc3ccc(Br)cc3F)ncnc2cc1OCC1CCN(C(=O)O)CC1. The standard InChI is InChI=1S/C24H28BrFN6O3/c25-16-2-3-19(18(26)10-16)31-23-17-11-21(28-7-1-6-27)22(12-20(17)29-14-30-23)35-13-15-4-8-32(9-5-15)24(33)34/h2-3,10-12,14-15,28H,1,4-9,13,27H2,(H,33,34)(H,29,30,31). The predicted octanol–water partition coefficient (Wildman–Crippen LogP) is 4.80. The number of nitrogens with zero attached hydrogens (tertiary/aromatic N) is 3. The van der Waals surface area contributed by atoms with Crippen LogP contribution in [0.2, 0.25) is 0 Å². The number of carboxylic acid groups (broad SMARTS) is 1. The Hall–Kier alpha value is -3.18. The number of likely N-dealkylation sites (tertiary alicyclic amines) is 1. The van der Waals surface area contributed by atoms with Crippen molar-refractivity contribution in [2.24, 2.45) is 11.7 Å². The van der Waals surface area contributed by atoms with Crippen LogP contribution in [-0.4, -0.2) is 58.9 Å². The molecule has 0 atom stereocenters. The number of fused-ring (bicyclic) bond motifs is 1. The van der Waals surface area contributed by atoms with Crippen molar-refractivity contribution >= 4 is 50.1 Å². The summed E-state index contributed by atoms with van der Waals surface area (Å²) in [5.41, 5.74) is 7.38. The Bertz CT molecular complexity index is 1190. The molecular weight excluding hydrogens is 519 g/mol. The van der Waals surface area contributed by atoms with Gasteiger partial charge in [0.15, 0.2) is 0 Å². The van der Waals surface area contributed by atoms with Crippen LogP contribution in [0, 0.1) is 11.7 Å². The molecule has 0 saturated carbocycles. The van der Waals surface area contributed by atoms with E-state index in [1.165, 1.54) is 17.3 Å². The van der Waals surface area contributed by atoms with E-state index in [1.54, 1.807) is 12.1 Å². The zero-order valence-corrected chi connectivity index (χ0v) is 20.7. The Morgan fingerprint density at radius 3 is 2.74 bits per heavy atom. The molecular formula is C24H28BrFN6O3. The highest BCUT2D eigenvalue weighted by atomic mass is 79.9. The van der Waals surface area contributed by atoms with Gasteiger partial charge in [-0.2, -0.15) is 0 Å². The van der Waals surface area contributed by atoms with Crippen molar-refractivity contribution < 1.29 is 19.0 Å². The highest BCUT2D eigenvalue weighted by Gasteiger charge is 2.23. The summed E-state index contributed by atoms with van der Waals surface area (Å²) >= 11 is 3.27. The molecule has 2 aromatic carbocycles. The number of rotatable bonds is 9. The summed E-state index contributed by atoms with van der Waals surface area (Å²) in [5, 5.41) is 16.3. The first-order valence-electron chi connectivity index (χ1n) is 11.5. The van der Waals surface area contributed by atoms with Crippen LogP contribution in [0.15, 0.2) is 41.1 Å². The highest BCUT2D eigenvalue weighted by molar-refractivity contribution is 9.10. The molecule has 1 fully saturated rings. The molecule has 1 aliphatic heterocycles. The molecule has 0 spiro atoms. The molecule has 1 amide bonds. The van der Waals surface area contributed by atoms with Gasteiger partial charge in [0.05, 0.1) is 23.5 Å². The maximum Gasteiger partial charge on any atom is 0.407 e. The molecule has 11 heteroatoms. The number of anilines is 3. The first-order chi connectivity index (χ1) is 16.9. The Kier molecular flexibility index (Phi) is 8.19. The number of amides is 1. The normalized spacial score (nSPS) is 14.2. The van der Waals surface area contributed by atoms with E-state index < -0.39 is 11.9 Å². The molecule has 186 valence electrons. The van der Waals surface area contributed by atoms with Crippen molar-refractivity contribution in [3.63, 3.8) is 0 Å². The topological polar surface area (TPSA) is 126 Å². The average molecular weight is 547 g/mol. The van der Waals surface area contributed by atoms with Crippen LogP contribution in [0.1, 0.15) is 19.3 Å². The lowest BCUT2D eigenvalue weighted by molar-refractivity contribution is 0.112. The number of hydrogen-bond donors (Lipinski definition) is 4. The summed E-state index contributed by atoms with van der Waals surface area (Å²) in [6, 6.07) is 8.52. The van der Waals surface area contributed by atoms with Crippen molar-refractivity contribution in [3.05, 3.63) is 46.9 Å². The van der Waals surface area contributed by atoms with Crippen molar-refractivity contribution in [2.45, 2.75) is 19.3 Å². The molecule has 9 nitrogen and oxygen atoms in total. The summed E-state index contributed by atoms with van der Waals surface area (Å²) in [6.07, 6.45) is 2.84. The van der Waals surface area contributed by atoms with Crippen LogP contribution >= 0.6 is 15.9 Å². The van der Waals surface area contributed by atoms with Crippen LogP contribution in [0.25, 0.3) is 10.9 Å². The zero-order chi connectivity index (χ0) is 24.8. The van der Waals surface area contributed by atoms with Crippen LogP contribution in [-0.2, 0) is 0 Å². The molecule has 35 heavy (non-hydrogen) atoms. The second kappa shape index (κ2) is 11.5. The number of nitrogens with two attached hydrogens (primary N) is 1. The molecule has 2 heterocycles. The van der Waals surface area contributed by atoms with Gasteiger partial charge in [-0.05, 0) is 56.0 Å². The number of carbonyl (C=O) groups is 1. The van der Waals surface area contributed by atoms with Gasteiger partial charge >= 0.3 is 6.09 Å². The molecule has 1 aliphatic rings. The maximum atomic E-state index is 14.4. The molecule has 0 aliphatic carbocycles. The number of hydrogen-bond acceptors (Lipinski definition) is 7. The van der Waals surface area contributed by atoms with Crippen molar-refractivity contribution in [3.8, 4) is 5.75 Å². The third-order valence-electron chi connectivity index (χ3n) is 5.98. The van der Waals surface area contributed by atoms with E-state index in [2.05, 4.69) is 36.5 Å². The quantitative estimate of drug-likeness (QED) is 0.282. The van der Waals surface area contributed by atoms with Gasteiger partial charge in [-0.15, -0.1) is 0 Å². The van der Waals surface area contributed by atoms with Crippen LogP contribution < -0.4 is 21.1 Å². The lowest BCUT2D eigenvalue weighted by Crippen LogP contribution is -2.38. The van der Waals surface area contributed by atoms with Gasteiger partial charge in [0.25, 0.3) is 0 Å². The third-order valence-corrected chi connectivity index (χ3v) is 6.47. The molecule has 0 unspecified atom stereocenters. The van der Waals surface area contributed by atoms with E-state index in [0.29, 0.717) is 65.4 Å². The third kappa shape index (κ3) is 6.29. The first-order valence-corrected chi connectivity index (χ1v) is 12.3. The molecule has 1 aromatic heterocycles. The number of halogens is 2. The van der Waals surface area contributed by atoms with Gasteiger partial charge in [-0.3, -0.25) is 0 Å². The molecule has 0 radical (unpaired) electrons. The van der Waals surface area contributed by atoms with E-state index in [9.17, 15) is 9.18 Å². The number of benzene rings is 2. The van der Waals surface area contributed by atoms with Crippen molar-refractivity contribution in [2.75, 3.05) is 43.4 Å². The Labute approximate surface area is 211 Å². The largest absolute Gasteiger partial charge is 0.491 e. The second-order valence-corrected chi connectivity index (χ2v) is 9.35. The maximum absolute atomic E-state index is 14.4. The summed E-state index contributed by atoms with van der Waals surface area (Å²) < 4.78 is 21.3. The van der Waals surface area contributed by atoms with E-state index in [-0.39, 0.29) is 5.92 Å². The molecule has 1 saturated heterocycles. The minimum atomic E-state index is -0.877. The minimum Gasteiger partial charge on any atom is -0.491 e. The number of aromatic nitrogens is 2. The van der Waals surface area contributed by atoms with Gasteiger partial charge in [0.1, 0.15) is 23.7 Å². The lowest BCUT2D eigenvalue weighted by Gasteiger charge is -2.30. The minimum absolute atomic E-state index is 0.265. The smallest absolute Gasteiger partial charge is 0.407 e. The summed E-state index contributed by atoms with van der Waals surface area (Å²) in [7, 11) is 0. The zero-order valence-electron chi connectivity index (χ0n) is 19.1. The molecule has 5 N–H and O–H groups in total. The fraction of sp³-hybridized carbons (Fsp3) is 0.375. The van der Waals surface area contributed by atoms with Crippen LogP contribution in [0.3, 0.4) is 0 Å². The summed E-state index contributed by atoms with van der Waals surface area (Å²) in [4.78, 5) is 21.3. The van der Waals surface area contributed by atoms with Gasteiger partial charge in [-0.25, -0.2) is 19.2 Å². The van der Waals surface area contributed by atoms with Crippen molar-refractivity contribution in [1.82, 2.24) is 14.9 Å². The Balaban J connectivity index is 1.57. The Morgan fingerprint density at radius 1 is 1.23 bits per heavy atom. The molecule has 3 aromatic rings. The van der Waals surface area contributed by atoms with Crippen molar-refractivity contribution in [1.29, 1.82) is 0 Å². The lowest BCUT2D eigenvalue weighted by atomic mass is 9.98. The predicted molar refractivity (Wildman–Crippen MR) is 137 cm³/mol. The van der Waals surface area contributed by atoms with E-state index >= 15 is 0 Å². The first kappa shape index (κ1) is 24.9. The van der Waals surface area contributed by atoms with Crippen LogP contribution in [0.5, 0.6) is 5.75 Å². The molecule has 4 rings (SSSR count). The fourth-order valence-corrected chi connectivity index (χ4v) is 4.32. The fourth-order valence-electron chi connectivity index (χ4n) is 3.98. The molecule has 0 bridgehead atoms. The van der Waals surface area contributed by atoms with Gasteiger partial charge in [-0.1, -0.05) is 15.9 Å². The number of nitrogens with one attached hydrogen (secondary N) is 2. The summed E-state index contributed by atoms with van der Waals surface area (Å²) in [6.45, 7) is 2.71. The number of ether oxygens (including phenoxy) is 1. The monoisotopic (exact) mass is 546 g/mol. The highest BCUT2D eigenvalue weighted by Crippen LogP contribution is 2.34. The second-order valence-electron chi connectivity index (χ2n) is 8.43. The van der Waals surface area contributed by atoms with Gasteiger partial charge in [0.2, 0.25) is 0 Å². The number of piperidine rings is 1. The van der Waals surface area contributed by atoms with E-state index in [4.69, 9.17) is 15.6 Å².